The highest BCUT2D eigenvalue weighted by atomic mass is 16.1. The second kappa shape index (κ2) is 5.87. The molecule has 0 bridgehead atoms. The smallest absolute Gasteiger partial charge is 0.262 e. The number of nitrogens with one attached hydrogen (secondary N) is 2. The summed E-state index contributed by atoms with van der Waals surface area (Å²) in [5, 5.41) is 8.25. The van der Waals surface area contributed by atoms with Crippen LogP contribution in [0.4, 0.5) is 5.69 Å². The molecule has 1 fully saturated rings. The third kappa shape index (κ3) is 2.72. The number of fused-ring (bicyclic) bond motifs is 1. The van der Waals surface area contributed by atoms with Crippen LogP contribution in [0.5, 0.6) is 0 Å². The van der Waals surface area contributed by atoms with Crippen LogP contribution in [0, 0.1) is 0 Å². The van der Waals surface area contributed by atoms with Gasteiger partial charge >= 0.3 is 0 Å². The highest BCUT2D eigenvalue weighted by Crippen LogP contribution is 2.30. The molecule has 4 rings (SSSR count). The second-order valence-corrected chi connectivity index (χ2v) is 6.00. The topological polar surface area (TPSA) is 75.6 Å². The van der Waals surface area contributed by atoms with Gasteiger partial charge in [-0.1, -0.05) is 31.0 Å². The molecule has 6 nitrogen and oxygen atoms in total. The highest BCUT2D eigenvalue weighted by molar-refractivity contribution is 5.73. The quantitative estimate of drug-likeness (QED) is 0.777. The van der Waals surface area contributed by atoms with Gasteiger partial charge in [-0.3, -0.25) is 4.79 Å². The summed E-state index contributed by atoms with van der Waals surface area (Å²) in [7, 11) is 0. The maximum atomic E-state index is 12.3. The van der Waals surface area contributed by atoms with Gasteiger partial charge in [-0.05, 0) is 25.0 Å². The summed E-state index contributed by atoms with van der Waals surface area (Å²) in [4.78, 5) is 19.7. The van der Waals surface area contributed by atoms with Gasteiger partial charge in [-0.2, -0.15) is 5.10 Å². The van der Waals surface area contributed by atoms with Gasteiger partial charge in [0.05, 0.1) is 18.8 Å². The zero-order valence-electron chi connectivity index (χ0n) is 12.8. The molecule has 0 unspecified atom stereocenters. The molecule has 0 radical (unpaired) electrons. The molecule has 1 aromatic carbocycles. The van der Waals surface area contributed by atoms with Crippen molar-refractivity contribution in [2.45, 2.75) is 38.3 Å². The fraction of sp³-hybridized carbons (Fsp3) is 0.353. The lowest BCUT2D eigenvalue weighted by atomic mass is 10.2. The molecule has 3 aromatic rings. The van der Waals surface area contributed by atoms with E-state index in [9.17, 15) is 4.79 Å². The van der Waals surface area contributed by atoms with Crippen LogP contribution in [-0.4, -0.2) is 19.7 Å². The molecule has 1 aliphatic rings. The van der Waals surface area contributed by atoms with Crippen LogP contribution in [0.25, 0.3) is 11.0 Å². The van der Waals surface area contributed by atoms with Crippen molar-refractivity contribution in [1.82, 2.24) is 19.7 Å². The lowest BCUT2D eigenvalue weighted by Crippen LogP contribution is -2.16. The number of hydrogen-bond acceptors (Lipinski definition) is 4. The van der Waals surface area contributed by atoms with Crippen LogP contribution in [0.2, 0.25) is 0 Å². The molecule has 6 heteroatoms. The van der Waals surface area contributed by atoms with Crippen LogP contribution in [0.15, 0.2) is 41.3 Å². The van der Waals surface area contributed by atoms with E-state index in [1.807, 2.05) is 35.0 Å². The van der Waals surface area contributed by atoms with Gasteiger partial charge in [-0.25, -0.2) is 9.67 Å². The SMILES string of the molecule is O=c1[nH]c(CNc2ccccc2)nc2c1cnn2C1CCCC1. The molecule has 118 valence electrons. The summed E-state index contributed by atoms with van der Waals surface area (Å²) in [6, 6.07) is 10.3. The zero-order chi connectivity index (χ0) is 15.6. The molecule has 0 atom stereocenters. The predicted octanol–water partition coefficient (Wildman–Crippen LogP) is 2.85. The van der Waals surface area contributed by atoms with E-state index in [0.717, 1.165) is 18.5 Å². The van der Waals surface area contributed by atoms with Gasteiger partial charge < -0.3 is 10.3 Å². The minimum absolute atomic E-state index is 0.121. The molecular weight excluding hydrogens is 290 g/mol. The summed E-state index contributed by atoms with van der Waals surface area (Å²) in [6.45, 7) is 0.477. The molecular formula is C17H19N5O. The highest BCUT2D eigenvalue weighted by Gasteiger charge is 2.21. The van der Waals surface area contributed by atoms with E-state index in [2.05, 4.69) is 20.4 Å². The third-order valence-corrected chi connectivity index (χ3v) is 4.42. The third-order valence-electron chi connectivity index (χ3n) is 4.42. The Morgan fingerprint density at radius 2 is 2.00 bits per heavy atom. The Hall–Kier alpha value is -2.63. The summed E-state index contributed by atoms with van der Waals surface area (Å²) >= 11 is 0. The molecule has 0 saturated heterocycles. The Morgan fingerprint density at radius 1 is 1.22 bits per heavy atom. The number of benzene rings is 1. The van der Waals surface area contributed by atoms with Gasteiger partial charge in [0.25, 0.3) is 5.56 Å². The maximum Gasteiger partial charge on any atom is 0.262 e. The van der Waals surface area contributed by atoms with Crippen LogP contribution < -0.4 is 10.9 Å². The minimum atomic E-state index is -0.121. The lowest BCUT2D eigenvalue weighted by Gasteiger charge is -2.11. The Kier molecular flexibility index (Phi) is 3.57. The van der Waals surface area contributed by atoms with E-state index < -0.39 is 0 Å². The van der Waals surface area contributed by atoms with Crippen molar-refractivity contribution in [3.8, 4) is 0 Å². The van der Waals surface area contributed by atoms with Crippen molar-refractivity contribution in [3.63, 3.8) is 0 Å². The largest absolute Gasteiger partial charge is 0.378 e. The fourth-order valence-corrected chi connectivity index (χ4v) is 3.22. The number of aromatic nitrogens is 4. The van der Waals surface area contributed by atoms with Gasteiger partial charge in [-0.15, -0.1) is 0 Å². The Balaban J connectivity index is 1.65. The van der Waals surface area contributed by atoms with E-state index in [-0.39, 0.29) is 5.56 Å². The molecule has 2 heterocycles. The van der Waals surface area contributed by atoms with Crippen molar-refractivity contribution in [3.05, 3.63) is 52.7 Å². The molecule has 1 saturated carbocycles. The average molecular weight is 309 g/mol. The van der Waals surface area contributed by atoms with Gasteiger partial charge in [0.15, 0.2) is 5.65 Å². The first-order chi connectivity index (χ1) is 11.3. The predicted molar refractivity (Wildman–Crippen MR) is 89.4 cm³/mol. The number of para-hydroxylation sites is 1. The molecule has 2 N–H and O–H groups in total. The summed E-state index contributed by atoms with van der Waals surface area (Å²) in [5.74, 6) is 0.631. The zero-order valence-corrected chi connectivity index (χ0v) is 12.8. The standard InChI is InChI=1S/C17H19N5O/c23-17-14-10-19-22(13-8-4-5-9-13)16(14)20-15(21-17)11-18-12-6-2-1-3-7-12/h1-3,6-7,10,13,18H,4-5,8-9,11H2,(H,20,21,23). The van der Waals surface area contributed by atoms with Gasteiger partial charge in [0.1, 0.15) is 11.2 Å². The first-order valence-corrected chi connectivity index (χ1v) is 8.06. The number of H-pyrrole nitrogens is 1. The van der Waals surface area contributed by atoms with E-state index in [1.165, 1.54) is 12.8 Å². The summed E-state index contributed by atoms with van der Waals surface area (Å²) in [5.41, 5.74) is 1.58. The van der Waals surface area contributed by atoms with Crippen molar-refractivity contribution in [1.29, 1.82) is 0 Å². The number of anilines is 1. The number of rotatable bonds is 4. The monoisotopic (exact) mass is 309 g/mol. The molecule has 0 amide bonds. The first kappa shape index (κ1) is 14.0. The van der Waals surface area contributed by atoms with Crippen molar-refractivity contribution in [2.24, 2.45) is 0 Å². The van der Waals surface area contributed by atoms with Crippen LogP contribution in [0.3, 0.4) is 0 Å². The van der Waals surface area contributed by atoms with E-state index >= 15 is 0 Å². The van der Waals surface area contributed by atoms with E-state index in [1.54, 1.807) is 6.20 Å². The number of aromatic amines is 1. The van der Waals surface area contributed by atoms with Gasteiger partial charge in [0.2, 0.25) is 0 Å². The van der Waals surface area contributed by atoms with Crippen LogP contribution >= 0.6 is 0 Å². The van der Waals surface area contributed by atoms with Crippen LogP contribution in [-0.2, 0) is 6.54 Å². The first-order valence-electron chi connectivity index (χ1n) is 8.06. The maximum absolute atomic E-state index is 12.3. The molecule has 0 aliphatic heterocycles. The Bertz CT molecular complexity index is 862. The Morgan fingerprint density at radius 3 is 2.78 bits per heavy atom. The van der Waals surface area contributed by atoms with Crippen molar-refractivity contribution < 1.29 is 0 Å². The molecule has 1 aliphatic carbocycles. The lowest BCUT2D eigenvalue weighted by molar-refractivity contribution is 0.478. The minimum Gasteiger partial charge on any atom is -0.378 e. The molecule has 2 aromatic heterocycles. The number of nitrogens with zero attached hydrogens (tertiary/aromatic N) is 3. The van der Waals surface area contributed by atoms with E-state index in [4.69, 9.17) is 0 Å². The van der Waals surface area contributed by atoms with Crippen LogP contribution in [0.1, 0.15) is 37.5 Å². The molecule has 0 spiro atoms. The summed E-state index contributed by atoms with van der Waals surface area (Å²) in [6.07, 6.45) is 6.30. The van der Waals surface area contributed by atoms with Crippen molar-refractivity contribution >= 4 is 16.7 Å². The fourth-order valence-electron chi connectivity index (χ4n) is 3.22. The van der Waals surface area contributed by atoms with E-state index in [0.29, 0.717) is 29.4 Å². The normalized spacial score (nSPS) is 15.3. The summed E-state index contributed by atoms with van der Waals surface area (Å²) < 4.78 is 1.93. The Labute approximate surface area is 133 Å². The second-order valence-electron chi connectivity index (χ2n) is 6.00. The van der Waals surface area contributed by atoms with Crippen molar-refractivity contribution in [2.75, 3.05) is 5.32 Å². The average Bonchev–Trinajstić information content (AvgIpc) is 3.23. The van der Waals surface area contributed by atoms with Gasteiger partial charge in [0, 0.05) is 5.69 Å². The number of hydrogen-bond donors (Lipinski definition) is 2. The molecule has 23 heavy (non-hydrogen) atoms.